The van der Waals surface area contributed by atoms with Crippen LogP contribution in [0.3, 0.4) is 0 Å². The van der Waals surface area contributed by atoms with Crippen LogP contribution in [0.5, 0.6) is 0 Å². The maximum absolute atomic E-state index is 11.0. The van der Waals surface area contributed by atoms with E-state index in [9.17, 15) is 9.90 Å². The van der Waals surface area contributed by atoms with E-state index in [1.54, 1.807) is 6.08 Å². The van der Waals surface area contributed by atoms with Crippen molar-refractivity contribution in [2.75, 3.05) is 6.54 Å². The number of aliphatic hydroxyl groups is 1. The number of ketones is 1. The molecule has 3 nitrogen and oxygen atoms in total. The molecule has 15 heavy (non-hydrogen) atoms. The van der Waals surface area contributed by atoms with Crippen molar-refractivity contribution in [2.24, 2.45) is 5.92 Å². The molecule has 0 radical (unpaired) electrons. The molecule has 2 aliphatic carbocycles. The number of hydrogen-bond donors (Lipinski definition) is 2. The second-order valence-electron chi connectivity index (χ2n) is 4.70. The summed E-state index contributed by atoms with van der Waals surface area (Å²) in [5, 5.41) is 12.8. The number of hydrogen-bond acceptors (Lipinski definition) is 3. The molecule has 0 aromatic rings. The van der Waals surface area contributed by atoms with Gasteiger partial charge in [-0.05, 0) is 31.6 Å². The zero-order chi connectivity index (χ0) is 10.7. The van der Waals surface area contributed by atoms with Gasteiger partial charge < -0.3 is 10.4 Å². The molecule has 2 N–H and O–H groups in total. The van der Waals surface area contributed by atoms with Gasteiger partial charge in [0.25, 0.3) is 0 Å². The predicted octanol–water partition coefficient (Wildman–Crippen LogP) is 1.37. The Morgan fingerprint density at radius 2 is 2.27 bits per heavy atom. The summed E-state index contributed by atoms with van der Waals surface area (Å²) in [7, 11) is 0. The van der Waals surface area contributed by atoms with Gasteiger partial charge in [0.15, 0.2) is 5.78 Å². The van der Waals surface area contributed by atoms with Gasteiger partial charge in [0, 0.05) is 24.7 Å². The van der Waals surface area contributed by atoms with E-state index in [2.05, 4.69) is 5.32 Å². The van der Waals surface area contributed by atoms with Crippen LogP contribution < -0.4 is 5.32 Å². The van der Waals surface area contributed by atoms with Crippen LogP contribution in [0.15, 0.2) is 11.8 Å². The maximum atomic E-state index is 11.0. The van der Waals surface area contributed by atoms with Crippen molar-refractivity contribution in [3.8, 4) is 0 Å². The van der Waals surface area contributed by atoms with E-state index < -0.39 is 0 Å². The highest BCUT2D eigenvalue weighted by Gasteiger charge is 2.20. The lowest BCUT2D eigenvalue weighted by Crippen LogP contribution is -2.28. The summed E-state index contributed by atoms with van der Waals surface area (Å²) >= 11 is 0. The van der Waals surface area contributed by atoms with Gasteiger partial charge in [-0.1, -0.05) is 6.42 Å². The Labute approximate surface area is 90.6 Å². The molecule has 0 bridgehead atoms. The molecule has 0 saturated heterocycles. The third kappa shape index (κ3) is 3.06. The summed E-state index contributed by atoms with van der Waals surface area (Å²) in [6, 6.07) is 0. The van der Waals surface area contributed by atoms with E-state index in [0.29, 0.717) is 12.3 Å². The third-order valence-corrected chi connectivity index (χ3v) is 3.35. The zero-order valence-corrected chi connectivity index (χ0v) is 9.04. The minimum absolute atomic E-state index is 0.107. The molecular formula is C12H19NO2. The van der Waals surface area contributed by atoms with Crippen molar-refractivity contribution in [1.29, 1.82) is 0 Å². The fourth-order valence-electron chi connectivity index (χ4n) is 2.46. The lowest BCUT2D eigenvalue weighted by molar-refractivity contribution is -0.114. The van der Waals surface area contributed by atoms with Gasteiger partial charge in [0.05, 0.1) is 6.10 Å². The number of rotatable bonds is 3. The van der Waals surface area contributed by atoms with E-state index in [-0.39, 0.29) is 11.9 Å². The maximum Gasteiger partial charge on any atom is 0.157 e. The summed E-state index contributed by atoms with van der Waals surface area (Å²) in [4.78, 5) is 11.0. The van der Waals surface area contributed by atoms with Gasteiger partial charge in [-0.2, -0.15) is 0 Å². The van der Waals surface area contributed by atoms with Crippen molar-refractivity contribution in [1.82, 2.24) is 5.32 Å². The molecule has 0 aromatic carbocycles. The highest BCUT2D eigenvalue weighted by atomic mass is 16.3. The van der Waals surface area contributed by atoms with E-state index in [1.165, 1.54) is 6.42 Å². The molecule has 3 heteroatoms. The number of aliphatic hydroxyl groups excluding tert-OH is 1. The summed E-state index contributed by atoms with van der Waals surface area (Å²) < 4.78 is 0. The molecule has 2 atom stereocenters. The lowest BCUT2D eigenvalue weighted by Gasteiger charge is -2.26. The Kier molecular flexibility index (Phi) is 3.41. The minimum Gasteiger partial charge on any atom is -0.393 e. The van der Waals surface area contributed by atoms with Gasteiger partial charge in [-0.25, -0.2) is 0 Å². The van der Waals surface area contributed by atoms with E-state index >= 15 is 0 Å². The first-order valence-electron chi connectivity index (χ1n) is 5.89. The second kappa shape index (κ2) is 4.79. The SMILES string of the molecule is O=C1C=C(NCC2CCCC(O)C2)CC1. The van der Waals surface area contributed by atoms with Crippen LogP contribution >= 0.6 is 0 Å². The number of carbonyl (C=O) groups excluding carboxylic acids is 1. The fraction of sp³-hybridized carbons (Fsp3) is 0.750. The lowest BCUT2D eigenvalue weighted by atomic mass is 9.87. The molecule has 2 rings (SSSR count). The van der Waals surface area contributed by atoms with Crippen LogP contribution in [0.4, 0.5) is 0 Å². The Morgan fingerprint density at radius 3 is 2.93 bits per heavy atom. The van der Waals surface area contributed by atoms with Gasteiger partial charge >= 0.3 is 0 Å². The standard InChI is InChI=1S/C12H19NO2/c14-11-3-1-2-9(6-11)8-13-10-4-5-12(15)7-10/h7,9,11,13-14H,1-6,8H2. The van der Waals surface area contributed by atoms with E-state index in [4.69, 9.17) is 0 Å². The summed E-state index contributed by atoms with van der Waals surface area (Å²) in [5.74, 6) is 0.812. The molecule has 1 fully saturated rings. The van der Waals surface area contributed by atoms with Crippen LogP contribution in [0.25, 0.3) is 0 Å². The molecule has 1 saturated carbocycles. The van der Waals surface area contributed by atoms with Crippen molar-refractivity contribution in [3.05, 3.63) is 11.8 Å². The summed E-state index contributed by atoms with van der Waals surface area (Å²) in [6.45, 7) is 0.913. The molecule has 84 valence electrons. The first kappa shape index (κ1) is 10.7. The highest BCUT2D eigenvalue weighted by Crippen LogP contribution is 2.24. The van der Waals surface area contributed by atoms with Crippen molar-refractivity contribution in [2.45, 2.75) is 44.6 Å². The number of allylic oxidation sites excluding steroid dienone is 2. The molecule has 0 amide bonds. The fourth-order valence-corrected chi connectivity index (χ4v) is 2.46. The first-order chi connectivity index (χ1) is 7.24. The van der Waals surface area contributed by atoms with Crippen molar-refractivity contribution >= 4 is 5.78 Å². The quantitative estimate of drug-likeness (QED) is 0.738. The average molecular weight is 209 g/mol. The minimum atomic E-state index is -0.107. The Bertz CT molecular complexity index is 273. The smallest absolute Gasteiger partial charge is 0.157 e. The van der Waals surface area contributed by atoms with Crippen LogP contribution in [-0.4, -0.2) is 23.5 Å². The largest absolute Gasteiger partial charge is 0.393 e. The van der Waals surface area contributed by atoms with Crippen LogP contribution in [-0.2, 0) is 4.79 Å². The van der Waals surface area contributed by atoms with Crippen molar-refractivity contribution < 1.29 is 9.90 Å². The number of nitrogens with one attached hydrogen (secondary N) is 1. The zero-order valence-electron chi connectivity index (χ0n) is 9.04. The molecule has 0 aliphatic heterocycles. The van der Waals surface area contributed by atoms with Crippen LogP contribution in [0.2, 0.25) is 0 Å². The van der Waals surface area contributed by atoms with Crippen LogP contribution in [0.1, 0.15) is 38.5 Å². The van der Waals surface area contributed by atoms with Gasteiger partial charge in [0.2, 0.25) is 0 Å². The normalized spacial score (nSPS) is 31.5. The molecular weight excluding hydrogens is 190 g/mol. The topological polar surface area (TPSA) is 49.3 Å². The van der Waals surface area contributed by atoms with Gasteiger partial charge in [-0.15, -0.1) is 0 Å². The van der Waals surface area contributed by atoms with E-state index in [0.717, 1.165) is 37.9 Å². The Balaban J connectivity index is 1.73. The van der Waals surface area contributed by atoms with E-state index in [1.807, 2.05) is 0 Å². The molecule has 0 heterocycles. The molecule has 0 spiro atoms. The van der Waals surface area contributed by atoms with Crippen molar-refractivity contribution in [3.63, 3.8) is 0 Å². The average Bonchev–Trinajstić information content (AvgIpc) is 2.62. The van der Waals surface area contributed by atoms with Gasteiger partial charge in [0.1, 0.15) is 0 Å². The molecule has 2 aliphatic rings. The monoisotopic (exact) mass is 209 g/mol. The predicted molar refractivity (Wildman–Crippen MR) is 58.3 cm³/mol. The first-order valence-corrected chi connectivity index (χ1v) is 5.89. The third-order valence-electron chi connectivity index (χ3n) is 3.35. The molecule has 2 unspecified atom stereocenters. The molecule has 0 aromatic heterocycles. The van der Waals surface area contributed by atoms with Gasteiger partial charge in [-0.3, -0.25) is 4.79 Å². The Morgan fingerprint density at radius 1 is 1.40 bits per heavy atom. The number of carbonyl (C=O) groups is 1. The highest BCUT2D eigenvalue weighted by molar-refractivity contribution is 5.92. The summed E-state index contributed by atoms with van der Waals surface area (Å²) in [6.07, 6.45) is 7.34. The Hall–Kier alpha value is -0.830. The van der Waals surface area contributed by atoms with Crippen LogP contribution in [0, 0.1) is 5.92 Å². The summed E-state index contributed by atoms with van der Waals surface area (Å²) in [5.41, 5.74) is 1.08. The second-order valence-corrected chi connectivity index (χ2v) is 4.70.